The Kier molecular flexibility index (Phi) is 2.86. The molecule has 76 valence electrons. The summed E-state index contributed by atoms with van der Waals surface area (Å²) in [4.78, 5) is 0. The van der Waals surface area contributed by atoms with Gasteiger partial charge in [-0.1, -0.05) is 6.92 Å². The molecule has 0 radical (unpaired) electrons. The van der Waals surface area contributed by atoms with E-state index in [1.165, 1.54) is 19.3 Å². The van der Waals surface area contributed by atoms with Gasteiger partial charge in [0.05, 0.1) is 6.61 Å². The maximum Gasteiger partial charge on any atom is 0.0509 e. The lowest BCUT2D eigenvalue weighted by molar-refractivity contribution is 0.0349. The normalized spacial score (nSPS) is 41.5. The minimum Gasteiger partial charge on any atom is -0.381 e. The fraction of sp³-hybridized carbons (Fsp3) is 1.00. The number of rotatable bonds is 3. The predicted molar refractivity (Wildman–Crippen MR) is 51.9 cm³/mol. The lowest BCUT2D eigenvalue weighted by Crippen LogP contribution is -2.45. The van der Waals surface area contributed by atoms with Gasteiger partial charge in [-0.2, -0.15) is 0 Å². The van der Waals surface area contributed by atoms with Crippen LogP contribution in [0.1, 0.15) is 26.2 Å². The van der Waals surface area contributed by atoms with Gasteiger partial charge >= 0.3 is 0 Å². The zero-order chi connectivity index (χ0) is 9.26. The van der Waals surface area contributed by atoms with Crippen LogP contribution in [-0.2, 0) is 4.74 Å². The maximum atomic E-state index is 5.60. The summed E-state index contributed by atoms with van der Waals surface area (Å²) in [5, 5.41) is 0. The Morgan fingerprint density at radius 2 is 2.31 bits per heavy atom. The molecule has 4 atom stereocenters. The van der Waals surface area contributed by atoms with Gasteiger partial charge in [-0.15, -0.1) is 0 Å². The van der Waals surface area contributed by atoms with Crippen LogP contribution in [-0.4, -0.2) is 19.3 Å². The van der Waals surface area contributed by atoms with E-state index in [2.05, 4.69) is 12.3 Å². The monoisotopic (exact) mass is 184 g/mol. The molecular weight excluding hydrogens is 164 g/mol. The fourth-order valence-corrected chi connectivity index (χ4v) is 2.51. The Morgan fingerprint density at radius 1 is 1.54 bits per heavy atom. The van der Waals surface area contributed by atoms with Gasteiger partial charge in [0.25, 0.3) is 0 Å². The van der Waals surface area contributed by atoms with Crippen molar-refractivity contribution in [2.75, 3.05) is 13.2 Å². The first-order valence-corrected chi connectivity index (χ1v) is 5.37. The van der Waals surface area contributed by atoms with Crippen molar-refractivity contribution in [1.29, 1.82) is 0 Å². The predicted octanol–water partition coefficient (Wildman–Crippen LogP) is 0.901. The van der Waals surface area contributed by atoms with E-state index in [1.54, 1.807) is 0 Å². The van der Waals surface area contributed by atoms with Crippen LogP contribution in [0.3, 0.4) is 0 Å². The summed E-state index contributed by atoms with van der Waals surface area (Å²) in [7, 11) is 0. The summed E-state index contributed by atoms with van der Waals surface area (Å²) in [5.41, 5.74) is 2.98. The van der Waals surface area contributed by atoms with Crippen molar-refractivity contribution in [3.05, 3.63) is 0 Å². The molecule has 2 rings (SSSR count). The van der Waals surface area contributed by atoms with Crippen LogP contribution >= 0.6 is 0 Å². The molecule has 1 heterocycles. The van der Waals surface area contributed by atoms with Crippen LogP contribution in [0.5, 0.6) is 0 Å². The number of nitrogens with two attached hydrogens (primary N) is 1. The Bertz CT molecular complexity index is 168. The molecule has 0 aromatic carbocycles. The van der Waals surface area contributed by atoms with E-state index < -0.39 is 0 Å². The molecule has 3 N–H and O–H groups in total. The quantitative estimate of drug-likeness (QED) is 0.506. The lowest BCUT2D eigenvalue weighted by Gasteiger charge is -2.30. The van der Waals surface area contributed by atoms with Gasteiger partial charge in [-0.05, 0) is 37.0 Å². The molecule has 1 aliphatic heterocycles. The van der Waals surface area contributed by atoms with Crippen LogP contribution in [0, 0.1) is 17.8 Å². The molecule has 0 amide bonds. The largest absolute Gasteiger partial charge is 0.381 e. The number of nitrogens with one attached hydrogen (secondary N) is 1. The van der Waals surface area contributed by atoms with Crippen LogP contribution in [0.4, 0.5) is 0 Å². The molecule has 1 aliphatic carbocycles. The minimum absolute atomic E-state index is 0.496. The van der Waals surface area contributed by atoms with Crippen molar-refractivity contribution in [1.82, 2.24) is 5.43 Å². The number of hydrogen-bond donors (Lipinski definition) is 2. The van der Waals surface area contributed by atoms with E-state index in [1.807, 2.05) is 0 Å². The van der Waals surface area contributed by atoms with Crippen molar-refractivity contribution in [2.45, 2.75) is 32.2 Å². The van der Waals surface area contributed by atoms with Gasteiger partial charge in [-0.3, -0.25) is 11.3 Å². The highest BCUT2D eigenvalue weighted by atomic mass is 16.5. The summed E-state index contributed by atoms with van der Waals surface area (Å²) in [6, 6.07) is 0.496. The highest BCUT2D eigenvalue weighted by Crippen LogP contribution is 2.43. The highest BCUT2D eigenvalue weighted by Gasteiger charge is 2.42. The SMILES string of the molecule is CC1CC1C(NN)C1CCCOC1. The second kappa shape index (κ2) is 3.95. The van der Waals surface area contributed by atoms with Crippen LogP contribution in [0.2, 0.25) is 0 Å². The molecule has 3 heteroatoms. The molecule has 1 saturated heterocycles. The zero-order valence-electron chi connectivity index (χ0n) is 8.33. The smallest absolute Gasteiger partial charge is 0.0509 e. The maximum absolute atomic E-state index is 5.60. The summed E-state index contributed by atoms with van der Waals surface area (Å²) < 4.78 is 5.48. The molecule has 0 aromatic heterocycles. The topological polar surface area (TPSA) is 47.3 Å². The summed E-state index contributed by atoms with van der Waals surface area (Å²) >= 11 is 0. The molecule has 0 bridgehead atoms. The minimum atomic E-state index is 0.496. The van der Waals surface area contributed by atoms with Gasteiger partial charge in [0.2, 0.25) is 0 Å². The third kappa shape index (κ3) is 2.03. The number of ether oxygens (including phenoxy) is 1. The summed E-state index contributed by atoms with van der Waals surface area (Å²) in [6.45, 7) is 4.14. The Hall–Kier alpha value is -0.120. The van der Waals surface area contributed by atoms with Crippen molar-refractivity contribution >= 4 is 0 Å². The van der Waals surface area contributed by atoms with Gasteiger partial charge in [0.15, 0.2) is 0 Å². The molecule has 1 saturated carbocycles. The summed E-state index contributed by atoms with van der Waals surface area (Å²) in [5.74, 6) is 7.91. The van der Waals surface area contributed by atoms with E-state index in [4.69, 9.17) is 10.6 Å². The van der Waals surface area contributed by atoms with Crippen molar-refractivity contribution in [3.8, 4) is 0 Å². The van der Waals surface area contributed by atoms with Crippen LogP contribution in [0.15, 0.2) is 0 Å². The first-order valence-electron chi connectivity index (χ1n) is 5.37. The average molecular weight is 184 g/mol. The number of hydrogen-bond acceptors (Lipinski definition) is 3. The number of hydrazine groups is 1. The molecular formula is C10H20N2O. The van der Waals surface area contributed by atoms with Crippen LogP contribution < -0.4 is 11.3 Å². The molecule has 0 aromatic rings. The molecule has 2 fully saturated rings. The van der Waals surface area contributed by atoms with Gasteiger partial charge < -0.3 is 4.74 Å². The second-order valence-corrected chi connectivity index (χ2v) is 4.55. The Morgan fingerprint density at radius 3 is 2.77 bits per heavy atom. The summed E-state index contributed by atoms with van der Waals surface area (Å²) in [6.07, 6.45) is 3.81. The van der Waals surface area contributed by atoms with E-state index in [0.717, 1.165) is 25.0 Å². The third-order valence-corrected chi connectivity index (χ3v) is 3.53. The average Bonchev–Trinajstić information content (AvgIpc) is 2.86. The molecule has 0 spiro atoms. The Labute approximate surface area is 80.0 Å². The molecule has 13 heavy (non-hydrogen) atoms. The second-order valence-electron chi connectivity index (χ2n) is 4.55. The van der Waals surface area contributed by atoms with Gasteiger partial charge in [-0.25, -0.2) is 0 Å². The fourth-order valence-electron chi connectivity index (χ4n) is 2.51. The van der Waals surface area contributed by atoms with E-state index >= 15 is 0 Å². The highest BCUT2D eigenvalue weighted by molar-refractivity contribution is 4.95. The van der Waals surface area contributed by atoms with Crippen molar-refractivity contribution in [3.63, 3.8) is 0 Å². The lowest BCUT2D eigenvalue weighted by atomic mass is 9.90. The van der Waals surface area contributed by atoms with E-state index in [9.17, 15) is 0 Å². The molecule has 3 nitrogen and oxygen atoms in total. The van der Waals surface area contributed by atoms with Gasteiger partial charge in [0, 0.05) is 12.6 Å². The zero-order valence-corrected chi connectivity index (χ0v) is 8.33. The first kappa shape index (κ1) is 9.44. The third-order valence-electron chi connectivity index (χ3n) is 3.53. The molecule has 2 aliphatic rings. The van der Waals surface area contributed by atoms with Crippen molar-refractivity contribution < 1.29 is 4.74 Å². The van der Waals surface area contributed by atoms with Crippen molar-refractivity contribution in [2.24, 2.45) is 23.6 Å². The van der Waals surface area contributed by atoms with Crippen LogP contribution in [0.25, 0.3) is 0 Å². The molecule has 4 unspecified atom stereocenters. The first-order chi connectivity index (χ1) is 6.33. The van der Waals surface area contributed by atoms with E-state index in [0.29, 0.717) is 12.0 Å². The van der Waals surface area contributed by atoms with Gasteiger partial charge in [0.1, 0.15) is 0 Å². The standard InChI is InChI=1S/C10H20N2O/c1-7-5-9(7)10(12-11)8-3-2-4-13-6-8/h7-10,12H,2-6,11H2,1H3. The van der Waals surface area contributed by atoms with E-state index in [-0.39, 0.29) is 0 Å². The Balaban J connectivity index is 1.87.